The maximum absolute atomic E-state index is 5.85. The molecule has 1 aliphatic rings. The minimum absolute atomic E-state index is 0.591. The van der Waals surface area contributed by atoms with Crippen LogP contribution in [0.25, 0.3) is 0 Å². The lowest BCUT2D eigenvalue weighted by molar-refractivity contribution is 0.665. The molecule has 1 unspecified atom stereocenters. The molecule has 0 radical (unpaired) electrons. The standard InChI is InChI=1S/C10H14ClN3S/c1-15-9-2-4-12-10(13-9)14-5-3-8(6-11)7-14/h2,4,8H,3,5-7H2,1H3. The lowest BCUT2D eigenvalue weighted by Crippen LogP contribution is -2.22. The Kier molecular flexibility index (Phi) is 3.70. The molecule has 1 aliphatic heterocycles. The van der Waals surface area contributed by atoms with E-state index in [0.29, 0.717) is 5.92 Å². The van der Waals surface area contributed by atoms with Crippen molar-refractivity contribution in [2.45, 2.75) is 11.4 Å². The van der Waals surface area contributed by atoms with E-state index in [-0.39, 0.29) is 0 Å². The first-order chi connectivity index (χ1) is 7.33. The lowest BCUT2D eigenvalue weighted by Gasteiger charge is -2.15. The van der Waals surface area contributed by atoms with Crippen LogP contribution in [0.1, 0.15) is 6.42 Å². The van der Waals surface area contributed by atoms with Gasteiger partial charge in [-0.05, 0) is 24.7 Å². The Morgan fingerprint density at radius 1 is 1.67 bits per heavy atom. The highest BCUT2D eigenvalue weighted by molar-refractivity contribution is 7.98. The number of alkyl halides is 1. The second-order valence-corrected chi connectivity index (χ2v) is 4.79. The summed E-state index contributed by atoms with van der Waals surface area (Å²) in [4.78, 5) is 11.0. The predicted octanol–water partition coefficient (Wildman–Crippen LogP) is 2.26. The fraction of sp³-hybridized carbons (Fsp3) is 0.600. The van der Waals surface area contributed by atoms with Crippen LogP contribution in [0.4, 0.5) is 5.95 Å². The van der Waals surface area contributed by atoms with Crippen LogP contribution in [0.2, 0.25) is 0 Å². The number of hydrogen-bond donors (Lipinski definition) is 0. The number of anilines is 1. The number of nitrogens with zero attached hydrogens (tertiary/aromatic N) is 3. The lowest BCUT2D eigenvalue weighted by atomic mass is 10.2. The molecular weight excluding hydrogens is 230 g/mol. The van der Waals surface area contributed by atoms with Gasteiger partial charge in [0, 0.05) is 25.2 Å². The first-order valence-electron chi connectivity index (χ1n) is 5.01. The summed E-state index contributed by atoms with van der Waals surface area (Å²) in [5.41, 5.74) is 0. The molecule has 5 heteroatoms. The molecule has 0 aromatic carbocycles. The average molecular weight is 244 g/mol. The van der Waals surface area contributed by atoms with Crippen molar-refractivity contribution < 1.29 is 0 Å². The van der Waals surface area contributed by atoms with Crippen LogP contribution in [0.15, 0.2) is 17.3 Å². The van der Waals surface area contributed by atoms with Crippen molar-refractivity contribution in [2.75, 3.05) is 30.1 Å². The molecule has 0 aliphatic carbocycles. The summed E-state index contributed by atoms with van der Waals surface area (Å²) in [5, 5.41) is 1.02. The van der Waals surface area contributed by atoms with Crippen molar-refractivity contribution in [3.8, 4) is 0 Å². The van der Waals surface area contributed by atoms with Crippen molar-refractivity contribution in [3.05, 3.63) is 12.3 Å². The first-order valence-corrected chi connectivity index (χ1v) is 6.77. The van der Waals surface area contributed by atoms with Crippen LogP contribution in [-0.2, 0) is 0 Å². The fourth-order valence-corrected chi connectivity index (χ4v) is 2.36. The molecule has 1 atom stereocenters. The molecule has 15 heavy (non-hydrogen) atoms. The highest BCUT2D eigenvalue weighted by atomic mass is 35.5. The SMILES string of the molecule is CSc1ccnc(N2CCC(CCl)C2)n1. The molecule has 2 heterocycles. The third kappa shape index (κ3) is 2.55. The van der Waals surface area contributed by atoms with E-state index in [2.05, 4.69) is 14.9 Å². The van der Waals surface area contributed by atoms with Gasteiger partial charge in [0.15, 0.2) is 0 Å². The smallest absolute Gasteiger partial charge is 0.226 e. The Balaban J connectivity index is 2.09. The molecular formula is C10H14ClN3S. The summed E-state index contributed by atoms with van der Waals surface area (Å²) in [6.07, 6.45) is 5.00. The molecule has 1 aromatic rings. The van der Waals surface area contributed by atoms with Crippen molar-refractivity contribution in [2.24, 2.45) is 5.92 Å². The second kappa shape index (κ2) is 5.03. The van der Waals surface area contributed by atoms with Gasteiger partial charge in [-0.3, -0.25) is 0 Å². The number of halogens is 1. The molecule has 82 valence electrons. The van der Waals surface area contributed by atoms with Gasteiger partial charge < -0.3 is 4.90 Å². The topological polar surface area (TPSA) is 29.0 Å². The van der Waals surface area contributed by atoms with Gasteiger partial charge in [0.2, 0.25) is 5.95 Å². The first kappa shape index (κ1) is 11.0. The third-order valence-electron chi connectivity index (χ3n) is 2.61. The molecule has 0 spiro atoms. The highest BCUT2D eigenvalue weighted by Crippen LogP contribution is 2.22. The predicted molar refractivity (Wildman–Crippen MR) is 64.9 cm³/mol. The molecule has 3 nitrogen and oxygen atoms in total. The third-order valence-corrected chi connectivity index (χ3v) is 3.70. The van der Waals surface area contributed by atoms with E-state index in [1.54, 1.807) is 11.8 Å². The van der Waals surface area contributed by atoms with Gasteiger partial charge in [-0.1, -0.05) is 0 Å². The number of rotatable bonds is 3. The average Bonchev–Trinajstić information content (AvgIpc) is 2.78. The summed E-state index contributed by atoms with van der Waals surface area (Å²) in [5.74, 6) is 2.17. The summed E-state index contributed by atoms with van der Waals surface area (Å²) in [6, 6.07) is 1.93. The van der Waals surface area contributed by atoms with Crippen LogP contribution in [0, 0.1) is 5.92 Å². The zero-order valence-electron chi connectivity index (χ0n) is 8.69. The van der Waals surface area contributed by atoms with Crippen LogP contribution in [0.5, 0.6) is 0 Å². The van der Waals surface area contributed by atoms with Crippen LogP contribution >= 0.6 is 23.4 Å². The molecule has 0 amide bonds. The molecule has 0 N–H and O–H groups in total. The van der Waals surface area contributed by atoms with Gasteiger partial charge in [0.05, 0.1) is 0 Å². The molecule has 1 fully saturated rings. The fourth-order valence-electron chi connectivity index (χ4n) is 1.74. The van der Waals surface area contributed by atoms with E-state index in [9.17, 15) is 0 Å². The van der Waals surface area contributed by atoms with E-state index >= 15 is 0 Å². The zero-order chi connectivity index (χ0) is 10.7. The summed E-state index contributed by atoms with van der Waals surface area (Å²) in [7, 11) is 0. The quantitative estimate of drug-likeness (QED) is 0.463. The second-order valence-electron chi connectivity index (χ2n) is 3.65. The van der Waals surface area contributed by atoms with Crippen molar-refractivity contribution in [1.29, 1.82) is 0 Å². The van der Waals surface area contributed by atoms with Crippen LogP contribution < -0.4 is 4.90 Å². The van der Waals surface area contributed by atoms with Crippen molar-refractivity contribution in [3.63, 3.8) is 0 Å². The minimum atomic E-state index is 0.591. The van der Waals surface area contributed by atoms with Crippen LogP contribution in [0.3, 0.4) is 0 Å². The van der Waals surface area contributed by atoms with E-state index in [1.165, 1.54) is 0 Å². The van der Waals surface area contributed by atoms with Gasteiger partial charge in [-0.15, -0.1) is 23.4 Å². The Morgan fingerprint density at radius 3 is 3.20 bits per heavy atom. The van der Waals surface area contributed by atoms with E-state index < -0.39 is 0 Å². The maximum atomic E-state index is 5.85. The minimum Gasteiger partial charge on any atom is -0.340 e. The molecule has 1 aromatic heterocycles. The van der Waals surface area contributed by atoms with Gasteiger partial charge in [0.1, 0.15) is 5.03 Å². The van der Waals surface area contributed by atoms with Crippen molar-refractivity contribution in [1.82, 2.24) is 9.97 Å². The van der Waals surface area contributed by atoms with E-state index in [4.69, 9.17) is 11.6 Å². The van der Waals surface area contributed by atoms with Gasteiger partial charge in [-0.25, -0.2) is 9.97 Å². The molecule has 1 saturated heterocycles. The Morgan fingerprint density at radius 2 is 2.53 bits per heavy atom. The van der Waals surface area contributed by atoms with E-state index in [0.717, 1.165) is 36.4 Å². The maximum Gasteiger partial charge on any atom is 0.226 e. The number of thioether (sulfide) groups is 1. The van der Waals surface area contributed by atoms with Gasteiger partial charge in [-0.2, -0.15) is 0 Å². The number of hydrogen-bond acceptors (Lipinski definition) is 4. The van der Waals surface area contributed by atoms with Crippen LogP contribution in [-0.4, -0.2) is 35.2 Å². The molecule has 2 rings (SSSR count). The normalized spacial score (nSPS) is 20.9. The van der Waals surface area contributed by atoms with E-state index in [1.807, 2.05) is 18.5 Å². The van der Waals surface area contributed by atoms with Gasteiger partial charge >= 0.3 is 0 Å². The largest absolute Gasteiger partial charge is 0.340 e. The monoisotopic (exact) mass is 243 g/mol. The number of aromatic nitrogens is 2. The van der Waals surface area contributed by atoms with Gasteiger partial charge in [0.25, 0.3) is 0 Å². The molecule has 0 saturated carbocycles. The Hall–Kier alpha value is -0.480. The Labute approximate surface area is 99.2 Å². The highest BCUT2D eigenvalue weighted by Gasteiger charge is 2.23. The summed E-state index contributed by atoms with van der Waals surface area (Å²) >= 11 is 7.49. The summed E-state index contributed by atoms with van der Waals surface area (Å²) in [6.45, 7) is 2.01. The Bertz CT molecular complexity index is 334. The summed E-state index contributed by atoms with van der Waals surface area (Å²) < 4.78 is 0. The van der Waals surface area contributed by atoms with Crippen molar-refractivity contribution >= 4 is 29.3 Å². The molecule has 0 bridgehead atoms. The zero-order valence-corrected chi connectivity index (χ0v) is 10.3.